The molecule has 0 saturated carbocycles. The molecule has 1 atom stereocenters. The molecule has 0 aromatic carbocycles. The molecule has 1 aliphatic heterocycles. The van der Waals surface area contributed by atoms with Gasteiger partial charge in [0.2, 0.25) is 0 Å². The van der Waals surface area contributed by atoms with Crippen molar-refractivity contribution in [2.45, 2.75) is 25.8 Å². The number of nitriles is 1. The van der Waals surface area contributed by atoms with Crippen molar-refractivity contribution in [3.8, 4) is 6.07 Å². The molecule has 1 fully saturated rings. The van der Waals surface area contributed by atoms with Gasteiger partial charge in [0, 0.05) is 12.6 Å². The second kappa shape index (κ2) is 5.13. The highest BCUT2D eigenvalue weighted by Gasteiger charge is 2.20. The van der Waals surface area contributed by atoms with Crippen LogP contribution >= 0.6 is 0 Å². The SMILES string of the molecule is CCCN(CC#N)C1CCNC1. The van der Waals surface area contributed by atoms with Gasteiger partial charge in [0.15, 0.2) is 0 Å². The zero-order chi connectivity index (χ0) is 8.81. The summed E-state index contributed by atoms with van der Waals surface area (Å²) >= 11 is 0. The van der Waals surface area contributed by atoms with E-state index in [0.29, 0.717) is 12.6 Å². The van der Waals surface area contributed by atoms with Crippen LogP contribution in [0, 0.1) is 11.3 Å². The average Bonchev–Trinajstić information content (AvgIpc) is 2.56. The molecule has 12 heavy (non-hydrogen) atoms. The molecule has 3 heteroatoms. The Morgan fingerprint density at radius 3 is 3.00 bits per heavy atom. The zero-order valence-electron chi connectivity index (χ0n) is 7.71. The van der Waals surface area contributed by atoms with Crippen LogP contribution in [0.4, 0.5) is 0 Å². The first-order chi connectivity index (χ1) is 5.88. The molecule has 0 aromatic rings. The van der Waals surface area contributed by atoms with E-state index in [2.05, 4.69) is 23.2 Å². The Kier molecular flexibility index (Phi) is 4.06. The molecule has 1 N–H and O–H groups in total. The van der Waals surface area contributed by atoms with Crippen LogP contribution in [0.5, 0.6) is 0 Å². The number of hydrogen-bond acceptors (Lipinski definition) is 3. The fraction of sp³-hybridized carbons (Fsp3) is 0.889. The predicted molar refractivity (Wildman–Crippen MR) is 48.8 cm³/mol. The minimum Gasteiger partial charge on any atom is -0.315 e. The van der Waals surface area contributed by atoms with Crippen LogP contribution in [0.3, 0.4) is 0 Å². The van der Waals surface area contributed by atoms with E-state index in [1.807, 2.05) is 0 Å². The lowest BCUT2D eigenvalue weighted by Crippen LogP contribution is -2.37. The summed E-state index contributed by atoms with van der Waals surface area (Å²) in [6.07, 6.45) is 2.33. The van der Waals surface area contributed by atoms with Gasteiger partial charge < -0.3 is 5.32 Å². The molecular weight excluding hydrogens is 150 g/mol. The smallest absolute Gasteiger partial charge is 0.0868 e. The maximum Gasteiger partial charge on any atom is 0.0868 e. The molecule has 1 aliphatic rings. The molecule has 68 valence electrons. The number of nitrogens with zero attached hydrogens (tertiary/aromatic N) is 2. The van der Waals surface area contributed by atoms with Crippen molar-refractivity contribution in [2.75, 3.05) is 26.2 Å². The highest BCUT2D eigenvalue weighted by atomic mass is 15.2. The van der Waals surface area contributed by atoms with Gasteiger partial charge in [-0.05, 0) is 25.9 Å². The van der Waals surface area contributed by atoms with Gasteiger partial charge in [-0.15, -0.1) is 0 Å². The quantitative estimate of drug-likeness (QED) is 0.623. The Labute approximate surface area is 74.4 Å². The summed E-state index contributed by atoms with van der Waals surface area (Å²) in [4.78, 5) is 2.28. The summed E-state index contributed by atoms with van der Waals surface area (Å²) in [7, 11) is 0. The van der Waals surface area contributed by atoms with Gasteiger partial charge in [0.1, 0.15) is 0 Å². The van der Waals surface area contributed by atoms with Crippen LogP contribution in [0.25, 0.3) is 0 Å². The van der Waals surface area contributed by atoms with Gasteiger partial charge in [0.05, 0.1) is 12.6 Å². The highest BCUT2D eigenvalue weighted by Crippen LogP contribution is 2.07. The third kappa shape index (κ3) is 2.47. The van der Waals surface area contributed by atoms with Gasteiger partial charge in [-0.1, -0.05) is 6.92 Å². The lowest BCUT2D eigenvalue weighted by molar-refractivity contribution is 0.234. The second-order valence-corrected chi connectivity index (χ2v) is 3.28. The van der Waals surface area contributed by atoms with E-state index >= 15 is 0 Å². The maximum atomic E-state index is 8.61. The van der Waals surface area contributed by atoms with Crippen molar-refractivity contribution in [1.82, 2.24) is 10.2 Å². The standard InChI is InChI=1S/C9H17N3/c1-2-6-12(7-4-10)9-3-5-11-8-9/h9,11H,2-3,5-8H2,1H3. The van der Waals surface area contributed by atoms with Crippen molar-refractivity contribution in [2.24, 2.45) is 0 Å². The fourth-order valence-corrected chi connectivity index (χ4v) is 1.72. The van der Waals surface area contributed by atoms with Gasteiger partial charge in [-0.3, -0.25) is 4.90 Å². The summed E-state index contributed by atoms with van der Waals surface area (Å²) < 4.78 is 0. The number of nitrogens with one attached hydrogen (secondary N) is 1. The van der Waals surface area contributed by atoms with Crippen LogP contribution in [0.1, 0.15) is 19.8 Å². The highest BCUT2D eigenvalue weighted by molar-refractivity contribution is 4.86. The second-order valence-electron chi connectivity index (χ2n) is 3.28. The normalized spacial score (nSPS) is 22.9. The molecule has 0 bridgehead atoms. The Morgan fingerprint density at radius 1 is 1.67 bits per heavy atom. The summed E-state index contributed by atoms with van der Waals surface area (Å²) in [6.45, 7) is 5.96. The van der Waals surface area contributed by atoms with Crippen molar-refractivity contribution in [1.29, 1.82) is 5.26 Å². The first-order valence-corrected chi connectivity index (χ1v) is 4.70. The van der Waals surface area contributed by atoms with E-state index < -0.39 is 0 Å². The Morgan fingerprint density at radius 2 is 2.50 bits per heavy atom. The summed E-state index contributed by atoms with van der Waals surface area (Å²) in [5.74, 6) is 0. The Bertz CT molecular complexity index is 156. The Hall–Kier alpha value is -0.590. The average molecular weight is 167 g/mol. The lowest BCUT2D eigenvalue weighted by atomic mass is 10.2. The van der Waals surface area contributed by atoms with Crippen molar-refractivity contribution in [3.05, 3.63) is 0 Å². The van der Waals surface area contributed by atoms with E-state index in [-0.39, 0.29) is 0 Å². The molecule has 3 nitrogen and oxygen atoms in total. The maximum absolute atomic E-state index is 8.61. The monoisotopic (exact) mass is 167 g/mol. The van der Waals surface area contributed by atoms with Crippen LogP contribution in [0.15, 0.2) is 0 Å². The van der Waals surface area contributed by atoms with Crippen molar-refractivity contribution < 1.29 is 0 Å². The van der Waals surface area contributed by atoms with Crippen molar-refractivity contribution >= 4 is 0 Å². The van der Waals surface area contributed by atoms with Crippen LogP contribution in [-0.2, 0) is 0 Å². The number of rotatable bonds is 4. The molecule has 1 saturated heterocycles. The Balaban J connectivity index is 2.35. The van der Waals surface area contributed by atoms with E-state index in [9.17, 15) is 0 Å². The van der Waals surface area contributed by atoms with E-state index in [0.717, 1.165) is 26.1 Å². The third-order valence-corrected chi connectivity index (χ3v) is 2.34. The molecule has 0 amide bonds. The number of hydrogen-bond donors (Lipinski definition) is 1. The molecule has 1 unspecified atom stereocenters. The van der Waals surface area contributed by atoms with Gasteiger partial charge in [-0.25, -0.2) is 0 Å². The van der Waals surface area contributed by atoms with Gasteiger partial charge >= 0.3 is 0 Å². The molecule has 1 rings (SSSR count). The first kappa shape index (κ1) is 9.50. The molecule has 0 aliphatic carbocycles. The minimum atomic E-state index is 0.584. The molecule has 0 radical (unpaired) electrons. The largest absolute Gasteiger partial charge is 0.315 e. The van der Waals surface area contributed by atoms with E-state index in [1.165, 1.54) is 6.42 Å². The lowest BCUT2D eigenvalue weighted by Gasteiger charge is -2.24. The third-order valence-electron chi connectivity index (χ3n) is 2.34. The molecule has 1 heterocycles. The summed E-state index contributed by atoms with van der Waals surface area (Å²) in [6, 6.07) is 2.83. The topological polar surface area (TPSA) is 39.1 Å². The molecule has 0 aromatic heterocycles. The van der Waals surface area contributed by atoms with Crippen LogP contribution in [0.2, 0.25) is 0 Å². The summed E-state index contributed by atoms with van der Waals surface area (Å²) in [5.41, 5.74) is 0. The fourth-order valence-electron chi connectivity index (χ4n) is 1.72. The minimum absolute atomic E-state index is 0.584. The summed E-state index contributed by atoms with van der Waals surface area (Å²) in [5, 5.41) is 11.9. The van der Waals surface area contributed by atoms with E-state index in [1.54, 1.807) is 0 Å². The van der Waals surface area contributed by atoms with Gasteiger partial charge in [0.25, 0.3) is 0 Å². The van der Waals surface area contributed by atoms with Crippen LogP contribution < -0.4 is 5.32 Å². The first-order valence-electron chi connectivity index (χ1n) is 4.70. The molecular formula is C9H17N3. The van der Waals surface area contributed by atoms with E-state index in [4.69, 9.17) is 5.26 Å². The van der Waals surface area contributed by atoms with Crippen LogP contribution in [-0.4, -0.2) is 37.1 Å². The predicted octanol–water partition coefficient (Wildman–Crippen LogP) is 0.584. The zero-order valence-corrected chi connectivity index (χ0v) is 7.71. The van der Waals surface area contributed by atoms with Crippen molar-refractivity contribution in [3.63, 3.8) is 0 Å². The molecule has 0 spiro atoms. The van der Waals surface area contributed by atoms with Gasteiger partial charge in [-0.2, -0.15) is 5.26 Å².